The summed E-state index contributed by atoms with van der Waals surface area (Å²) in [7, 11) is 0. The molecule has 2 heterocycles. The lowest BCUT2D eigenvalue weighted by molar-refractivity contribution is -0.124. The van der Waals surface area contributed by atoms with E-state index in [4.69, 9.17) is 4.74 Å². The molecule has 0 aromatic carbocycles. The molecule has 1 saturated heterocycles. The van der Waals surface area contributed by atoms with Crippen molar-refractivity contribution in [1.29, 1.82) is 0 Å². The standard InChI is InChI=1S/C13H19NO2S/c1-7-8(2)16-9(3)13(7)12(15)5-11-6-17-10(4)14-11/h6-9,13H,5H2,1-4H3. The molecule has 4 atom stereocenters. The summed E-state index contributed by atoms with van der Waals surface area (Å²) in [6.07, 6.45) is 0.656. The molecular formula is C13H19NO2S. The van der Waals surface area contributed by atoms with Crippen molar-refractivity contribution in [3.05, 3.63) is 16.1 Å². The maximum absolute atomic E-state index is 12.3. The topological polar surface area (TPSA) is 39.2 Å². The van der Waals surface area contributed by atoms with E-state index in [1.807, 2.05) is 26.2 Å². The Morgan fingerprint density at radius 1 is 1.41 bits per heavy atom. The van der Waals surface area contributed by atoms with E-state index in [-0.39, 0.29) is 23.9 Å². The third-order valence-electron chi connectivity index (χ3n) is 3.64. The van der Waals surface area contributed by atoms with Gasteiger partial charge in [-0.1, -0.05) is 6.92 Å². The lowest BCUT2D eigenvalue weighted by atomic mass is 9.84. The van der Waals surface area contributed by atoms with Gasteiger partial charge in [-0.3, -0.25) is 4.79 Å². The second-order valence-electron chi connectivity index (χ2n) is 4.93. The minimum atomic E-state index is 0.0204. The van der Waals surface area contributed by atoms with Crippen molar-refractivity contribution >= 4 is 17.1 Å². The molecule has 1 aliphatic heterocycles. The van der Waals surface area contributed by atoms with Crippen LogP contribution in [-0.2, 0) is 16.0 Å². The Labute approximate surface area is 106 Å². The van der Waals surface area contributed by atoms with Crippen molar-refractivity contribution in [3.63, 3.8) is 0 Å². The maximum Gasteiger partial charge on any atom is 0.144 e. The number of hydrogen-bond acceptors (Lipinski definition) is 4. The molecule has 4 heteroatoms. The zero-order chi connectivity index (χ0) is 12.6. The Morgan fingerprint density at radius 3 is 2.59 bits per heavy atom. The molecule has 0 saturated carbocycles. The van der Waals surface area contributed by atoms with Crippen molar-refractivity contribution < 1.29 is 9.53 Å². The van der Waals surface area contributed by atoms with Gasteiger partial charge >= 0.3 is 0 Å². The fourth-order valence-corrected chi connectivity index (χ4v) is 3.22. The van der Waals surface area contributed by atoms with Crippen LogP contribution in [0, 0.1) is 18.8 Å². The third kappa shape index (κ3) is 2.58. The first-order valence-corrected chi connectivity index (χ1v) is 6.96. The van der Waals surface area contributed by atoms with Crippen molar-refractivity contribution in [1.82, 2.24) is 4.98 Å². The van der Waals surface area contributed by atoms with Crippen molar-refractivity contribution in [2.75, 3.05) is 0 Å². The van der Waals surface area contributed by atoms with Crippen molar-refractivity contribution in [2.45, 2.75) is 46.3 Å². The summed E-state index contributed by atoms with van der Waals surface area (Å²) in [5.74, 6) is 0.587. The van der Waals surface area contributed by atoms with E-state index < -0.39 is 0 Å². The summed E-state index contributed by atoms with van der Waals surface area (Å²) >= 11 is 1.60. The molecule has 0 spiro atoms. The average molecular weight is 253 g/mol. The Kier molecular flexibility index (Phi) is 3.64. The molecule has 1 aromatic heterocycles. The molecule has 17 heavy (non-hydrogen) atoms. The first-order chi connectivity index (χ1) is 7.99. The lowest BCUT2D eigenvalue weighted by Gasteiger charge is -2.16. The van der Waals surface area contributed by atoms with Crippen LogP contribution in [0.4, 0.5) is 0 Å². The Hall–Kier alpha value is -0.740. The summed E-state index contributed by atoms with van der Waals surface area (Å²) in [6, 6.07) is 0. The first-order valence-electron chi connectivity index (χ1n) is 6.08. The monoisotopic (exact) mass is 253 g/mol. The number of nitrogens with zero attached hydrogens (tertiary/aromatic N) is 1. The highest BCUT2D eigenvalue weighted by atomic mass is 32.1. The second-order valence-corrected chi connectivity index (χ2v) is 5.99. The number of carbonyl (C=O) groups excluding carboxylic acids is 1. The molecule has 0 bridgehead atoms. The maximum atomic E-state index is 12.3. The number of thiazole rings is 1. The Morgan fingerprint density at radius 2 is 2.12 bits per heavy atom. The van der Waals surface area contributed by atoms with Gasteiger partial charge in [0.1, 0.15) is 5.78 Å². The normalized spacial score (nSPS) is 32.9. The van der Waals surface area contributed by atoms with Gasteiger partial charge in [-0.25, -0.2) is 4.98 Å². The molecule has 1 aromatic rings. The van der Waals surface area contributed by atoms with Crippen LogP contribution >= 0.6 is 11.3 Å². The van der Waals surface area contributed by atoms with Gasteiger partial charge in [-0.2, -0.15) is 0 Å². The summed E-state index contributed by atoms with van der Waals surface area (Å²) in [6.45, 7) is 8.10. The zero-order valence-corrected chi connectivity index (χ0v) is 11.6. The number of aryl methyl sites for hydroxylation is 1. The van der Waals surface area contributed by atoms with Crippen LogP contribution in [0.1, 0.15) is 31.5 Å². The zero-order valence-electron chi connectivity index (χ0n) is 10.8. The Bertz CT molecular complexity index is 415. The molecule has 1 fully saturated rings. The van der Waals surface area contributed by atoms with Gasteiger partial charge in [0.15, 0.2) is 0 Å². The van der Waals surface area contributed by atoms with Gasteiger partial charge in [0.2, 0.25) is 0 Å². The molecule has 3 nitrogen and oxygen atoms in total. The highest BCUT2D eigenvalue weighted by Crippen LogP contribution is 2.33. The summed E-state index contributed by atoms with van der Waals surface area (Å²) in [5.41, 5.74) is 0.899. The Balaban J connectivity index is 2.05. The molecule has 4 unspecified atom stereocenters. The number of Topliss-reactive ketones (excluding diaryl/α,β-unsaturated/α-hetero) is 1. The second kappa shape index (κ2) is 4.86. The molecule has 0 amide bonds. The number of aromatic nitrogens is 1. The van der Waals surface area contributed by atoms with E-state index in [1.165, 1.54) is 0 Å². The number of carbonyl (C=O) groups is 1. The predicted octanol–water partition coefficient (Wildman–Crippen LogP) is 2.62. The highest BCUT2D eigenvalue weighted by molar-refractivity contribution is 7.09. The third-order valence-corrected chi connectivity index (χ3v) is 4.46. The minimum absolute atomic E-state index is 0.0204. The van der Waals surface area contributed by atoms with E-state index >= 15 is 0 Å². The summed E-state index contributed by atoms with van der Waals surface area (Å²) in [5, 5.41) is 2.99. The highest BCUT2D eigenvalue weighted by Gasteiger charge is 2.41. The quantitative estimate of drug-likeness (QED) is 0.831. The van der Waals surface area contributed by atoms with Gasteiger partial charge < -0.3 is 4.74 Å². The SMILES string of the molecule is Cc1nc(CC(=O)C2C(C)OC(C)C2C)cs1. The predicted molar refractivity (Wildman–Crippen MR) is 68.2 cm³/mol. The van der Waals surface area contributed by atoms with Crippen LogP contribution in [0.3, 0.4) is 0 Å². The first kappa shape index (κ1) is 12.7. The van der Waals surface area contributed by atoms with E-state index in [2.05, 4.69) is 11.9 Å². The largest absolute Gasteiger partial charge is 0.375 e. The van der Waals surface area contributed by atoms with Crippen molar-refractivity contribution in [3.8, 4) is 0 Å². The van der Waals surface area contributed by atoms with Gasteiger partial charge in [-0.05, 0) is 26.7 Å². The minimum Gasteiger partial charge on any atom is -0.375 e. The van der Waals surface area contributed by atoms with Crippen LogP contribution in [0.25, 0.3) is 0 Å². The number of hydrogen-bond donors (Lipinski definition) is 0. The number of ketones is 1. The van der Waals surface area contributed by atoms with Gasteiger partial charge in [0.05, 0.1) is 22.9 Å². The lowest BCUT2D eigenvalue weighted by Crippen LogP contribution is -2.28. The van der Waals surface area contributed by atoms with E-state index in [0.29, 0.717) is 12.3 Å². The van der Waals surface area contributed by atoms with Crippen LogP contribution in [0.2, 0.25) is 0 Å². The van der Waals surface area contributed by atoms with Crippen molar-refractivity contribution in [2.24, 2.45) is 11.8 Å². The summed E-state index contributed by atoms with van der Waals surface area (Å²) in [4.78, 5) is 16.6. The molecule has 0 aliphatic carbocycles. The molecule has 0 radical (unpaired) electrons. The molecule has 0 N–H and O–H groups in total. The number of rotatable bonds is 3. The fourth-order valence-electron chi connectivity index (χ4n) is 2.61. The van der Waals surface area contributed by atoms with Gasteiger partial charge in [-0.15, -0.1) is 11.3 Å². The van der Waals surface area contributed by atoms with Crippen LogP contribution < -0.4 is 0 Å². The van der Waals surface area contributed by atoms with Crippen LogP contribution in [0.15, 0.2) is 5.38 Å². The summed E-state index contributed by atoms with van der Waals surface area (Å²) < 4.78 is 5.71. The van der Waals surface area contributed by atoms with E-state index in [9.17, 15) is 4.79 Å². The van der Waals surface area contributed by atoms with E-state index in [1.54, 1.807) is 11.3 Å². The van der Waals surface area contributed by atoms with E-state index in [0.717, 1.165) is 10.7 Å². The molecular weight excluding hydrogens is 234 g/mol. The molecule has 1 aliphatic rings. The van der Waals surface area contributed by atoms with Gasteiger partial charge in [0, 0.05) is 17.7 Å². The fraction of sp³-hybridized carbons (Fsp3) is 0.692. The number of ether oxygens (including phenoxy) is 1. The van der Waals surface area contributed by atoms with Crippen LogP contribution in [0.5, 0.6) is 0 Å². The molecule has 94 valence electrons. The average Bonchev–Trinajstić information content (AvgIpc) is 2.73. The van der Waals surface area contributed by atoms with Crippen LogP contribution in [-0.4, -0.2) is 23.0 Å². The molecule has 2 rings (SSSR count). The smallest absolute Gasteiger partial charge is 0.144 e. The van der Waals surface area contributed by atoms with Gasteiger partial charge in [0.25, 0.3) is 0 Å².